The minimum atomic E-state index is -3.00. The van der Waals surface area contributed by atoms with Gasteiger partial charge in [0.2, 0.25) is 10.0 Å². The lowest BCUT2D eigenvalue weighted by Gasteiger charge is -2.34. The fraction of sp³-hybridized carbons (Fsp3) is 1.00. The molecule has 5 heteroatoms. The van der Waals surface area contributed by atoms with Gasteiger partial charge in [0.05, 0.1) is 6.26 Å². The van der Waals surface area contributed by atoms with Gasteiger partial charge in [-0.05, 0) is 18.8 Å². The first-order valence-electron chi connectivity index (χ1n) is 4.06. The number of nitrogens with two attached hydrogens (primary N) is 1. The Morgan fingerprint density at radius 3 is 2.33 bits per heavy atom. The monoisotopic (exact) mass is 192 g/mol. The van der Waals surface area contributed by atoms with E-state index in [1.807, 2.05) is 0 Å². The predicted octanol–water partition coefficient (Wildman–Crippen LogP) is -0.385. The van der Waals surface area contributed by atoms with E-state index >= 15 is 0 Å². The Kier molecular flexibility index (Phi) is 2.75. The molecule has 0 aromatic carbocycles. The Morgan fingerprint density at radius 2 is 2.00 bits per heavy atom. The van der Waals surface area contributed by atoms with Crippen molar-refractivity contribution in [2.24, 2.45) is 11.7 Å². The van der Waals surface area contributed by atoms with Crippen molar-refractivity contribution in [1.82, 2.24) is 4.31 Å². The van der Waals surface area contributed by atoms with Crippen LogP contribution in [0.2, 0.25) is 0 Å². The Labute approximate surface area is 73.8 Å². The SMILES string of the molecule is CN(CC1CC(N)C1)S(C)(=O)=O. The number of rotatable bonds is 3. The van der Waals surface area contributed by atoms with Gasteiger partial charge >= 0.3 is 0 Å². The summed E-state index contributed by atoms with van der Waals surface area (Å²) in [5.74, 6) is 0.472. The summed E-state index contributed by atoms with van der Waals surface area (Å²) in [7, 11) is -1.39. The summed E-state index contributed by atoms with van der Waals surface area (Å²) in [5, 5.41) is 0. The molecule has 1 aliphatic carbocycles. The molecule has 1 aliphatic rings. The van der Waals surface area contributed by atoms with Crippen molar-refractivity contribution in [1.29, 1.82) is 0 Å². The van der Waals surface area contributed by atoms with Gasteiger partial charge in [-0.15, -0.1) is 0 Å². The number of hydrogen-bond acceptors (Lipinski definition) is 3. The van der Waals surface area contributed by atoms with Crippen LogP contribution in [-0.4, -0.2) is 38.6 Å². The van der Waals surface area contributed by atoms with Gasteiger partial charge < -0.3 is 5.73 Å². The standard InChI is InChI=1S/C7H16N2O2S/c1-9(12(2,10)11)5-6-3-7(8)4-6/h6-7H,3-5,8H2,1-2H3. The summed E-state index contributed by atoms with van der Waals surface area (Å²) in [6, 6.07) is 0.294. The lowest BCUT2D eigenvalue weighted by atomic mass is 9.81. The van der Waals surface area contributed by atoms with Crippen molar-refractivity contribution >= 4 is 10.0 Å². The van der Waals surface area contributed by atoms with Gasteiger partial charge in [0.1, 0.15) is 0 Å². The molecule has 0 atom stereocenters. The van der Waals surface area contributed by atoms with Crippen LogP contribution >= 0.6 is 0 Å². The van der Waals surface area contributed by atoms with Crippen LogP contribution in [-0.2, 0) is 10.0 Å². The molecule has 12 heavy (non-hydrogen) atoms. The predicted molar refractivity (Wildman–Crippen MR) is 48.2 cm³/mol. The Hall–Kier alpha value is -0.130. The maximum absolute atomic E-state index is 11.0. The Balaban J connectivity index is 2.33. The van der Waals surface area contributed by atoms with E-state index in [0.29, 0.717) is 18.5 Å². The van der Waals surface area contributed by atoms with Crippen LogP contribution in [0.1, 0.15) is 12.8 Å². The van der Waals surface area contributed by atoms with Gasteiger partial charge in [-0.2, -0.15) is 0 Å². The van der Waals surface area contributed by atoms with Crippen LogP contribution in [0.15, 0.2) is 0 Å². The number of sulfonamides is 1. The summed E-state index contributed by atoms with van der Waals surface area (Å²) in [6.07, 6.45) is 3.14. The van der Waals surface area contributed by atoms with E-state index in [4.69, 9.17) is 5.73 Å². The first-order chi connectivity index (χ1) is 5.39. The van der Waals surface area contributed by atoms with Gasteiger partial charge in [0.15, 0.2) is 0 Å². The average molecular weight is 192 g/mol. The fourth-order valence-corrected chi connectivity index (χ4v) is 1.92. The van der Waals surface area contributed by atoms with Crippen molar-refractivity contribution in [3.8, 4) is 0 Å². The minimum Gasteiger partial charge on any atom is -0.328 e. The quantitative estimate of drug-likeness (QED) is 0.662. The van der Waals surface area contributed by atoms with E-state index in [9.17, 15) is 8.42 Å². The smallest absolute Gasteiger partial charge is 0.210 e. The summed E-state index contributed by atoms with van der Waals surface area (Å²) in [4.78, 5) is 0. The van der Waals surface area contributed by atoms with E-state index < -0.39 is 10.0 Å². The van der Waals surface area contributed by atoms with E-state index in [1.165, 1.54) is 10.6 Å². The fourth-order valence-electron chi connectivity index (χ4n) is 1.44. The van der Waals surface area contributed by atoms with Crippen molar-refractivity contribution in [3.63, 3.8) is 0 Å². The average Bonchev–Trinajstić information content (AvgIpc) is 1.82. The topological polar surface area (TPSA) is 63.4 Å². The minimum absolute atomic E-state index is 0.294. The van der Waals surface area contributed by atoms with Crippen LogP contribution in [0.25, 0.3) is 0 Å². The molecule has 4 nitrogen and oxygen atoms in total. The first kappa shape index (κ1) is 9.95. The molecule has 1 fully saturated rings. The number of hydrogen-bond donors (Lipinski definition) is 1. The molecular weight excluding hydrogens is 176 g/mol. The molecule has 0 spiro atoms. The van der Waals surface area contributed by atoms with Crippen molar-refractivity contribution in [2.75, 3.05) is 19.8 Å². The molecule has 0 radical (unpaired) electrons. The van der Waals surface area contributed by atoms with E-state index in [0.717, 1.165) is 12.8 Å². The summed E-state index contributed by atoms with van der Waals surface area (Å²) >= 11 is 0. The normalized spacial score (nSPS) is 30.3. The largest absolute Gasteiger partial charge is 0.328 e. The Bertz CT molecular complexity index is 244. The van der Waals surface area contributed by atoms with Crippen LogP contribution in [0.3, 0.4) is 0 Å². The van der Waals surface area contributed by atoms with E-state index in [1.54, 1.807) is 7.05 Å². The molecule has 0 amide bonds. The first-order valence-corrected chi connectivity index (χ1v) is 5.91. The Morgan fingerprint density at radius 1 is 1.50 bits per heavy atom. The second-order valence-corrected chi connectivity index (χ2v) is 5.73. The van der Waals surface area contributed by atoms with Gasteiger partial charge in [-0.25, -0.2) is 12.7 Å². The van der Waals surface area contributed by atoms with Crippen LogP contribution in [0.5, 0.6) is 0 Å². The zero-order chi connectivity index (χ0) is 9.35. The highest BCUT2D eigenvalue weighted by atomic mass is 32.2. The maximum Gasteiger partial charge on any atom is 0.210 e. The molecule has 2 N–H and O–H groups in total. The highest BCUT2D eigenvalue weighted by Gasteiger charge is 2.28. The molecule has 0 bridgehead atoms. The van der Waals surface area contributed by atoms with Crippen LogP contribution in [0.4, 0.5) is 0 Å². The molecule has 0 aliphatic heterocycles. The van der Waals surface area contributed by atoms with E-state index in [-0.39, 0.29) is 0 Å². The van der Waals surface area contributed by atoms with Crippen molar-refractivity contribution in [2.45, 2.75) is 18.9 Å². The lowest BCUT2D eigenvalue weighted by molar-refractivity contribution is 0.227. The third kappa shape index (κ3) is 2.43. The molecule has 0 unspecified atom stereocenters. The lowest BCUT2D eigenvalue weighted by Crippen LogP contribution is -2.43. The molecule has 72 valence electrons. The van der Waals surface area contributed by atoms with Gasteiger partial charge in [0.25, 0.3) is 0 Å². The van der Waals surface area contributed by atoms with E-state index in [2.05, 4.69) is 0 Å². The van der Waals surface area contributed by atoms with Gasteiger partial charge in [-0.3, -0.25) is 0 Å². The maximum atomic E-state index is 11.0. The molecule has 1 rings (SSSR count). The number of nitrogens with zero attached hydrogens (tertiary/aromatic N) is 1. The zero-order valence-electron chi connectivity index (χ0n) is 7.53. The molecular formula is C7H16N2O2S. The summed E-state index contributed by atoms with van der Waals surface area (Å²) in [5.41, 5.74) is 5.59. The molecule has 0 heterocycles. The molecule has 1 saturated carbocycles. The van der Waals surface area contributed by atoms with Gasteiger partial charge in [-0.1, -0.05) is 0 Å². The summed E-state index contributed by atoms with van der Waals surface area (Å²) < 4.78 is 23.4. The zero-order valence-corrected chi connectivity index (χ0v) is 8.34. The molecule has 0 aromatic rings. The second kappa shape index (κ2) is 3.32. The third-order valence-electron chi connectivity index (χ3n) is 2.35. The molecule has 0 saturated heterocycles. The third-order valence-corrected chi connectivity index (χ3v) is 3.64. The highest BCUT2D eigenvalue weighted by molar-refractivity contribution is 7.88. The van der Waals surface area contributed by atoms with Gasteiger partial charge in [0, 0.05) is 19.6 Å². The van der Waals surface area contributed by atoms with Crippen molar-refractivity contribution in [3.05, 3.63) is 0 Å². The van der Waals surface area contributed by atoms with Crippen molar-refractivity contribution < 1.29 is 8.42 Å². The van der Waals surface area contributed by atoms with Crippen LogP contribution < -0.4 is 5.73 Å². The second-order valence-electron chi connectivity index (χ2n) is 3.64. The van der Waals surface area contributed by atoms with Crippen LogP contribution in [0, 0.1) is 5.92 Å². The highest BCUT2D eigenvalue weighted by Crippen LogP contribution is 2.26. The molecule has 0 aromatic heterocycles. The summed E-state index contributed by atoms with van der Waals surface area (Å²) in [6.45, 7) is 0.618.